The van der Waals surface area contributed by atoms with Crippen LogP contribution in [0.25, 0.3) is 10.2 Å². The number of carbonyl (C=O) groups is 1. The first-order chi connectivity index (χ1) is 13.6. The molecule has 0 saturated carbocycles. The molecule has 3 aromatic rings. The second-order valence-corrected chi connectivity index (χ2v) is 7.97. The number of nitrogens with zero attached hydrogens (tertiary/aromatic N) is 3. The Hall–Kier alpha value is -2.06. The van der Waals surface area contributed by atoms with Crippen molar-refractivity contribution in [2.24, 2.45) is 0 Å². The largest absolute Gasteiger partial charge is 0.379 e. The molecule has 1 aromatic heterocycles. The van der Waals surface area contributed by atoms with Crippen LogP contribution >= 0.6 is 22.9 Å². The number of hydrogen-bond acceptors (Lipinski definition) is 5. The van der Waals surface area contributed by atoms with Gasteiger partial charge in [0, 0.05) is 36.8 Å². The lowest BCUT2D eigenvalue weighted by Gasteiger charge is -2.29. The van der Waals surface area contributed by atoms with Gasteiger partial charge in [-0.3, -0.25) is 14.6 Å². The number of fused-ring (bicyclic) bond motifs is 1. The normalized spacial score (nSPS) is 15.1. The second kappa shape index (κ2) is 8.53. The maximum absolute atomic E-state index is 13.3. The Balaban J connectivity index is 1.62. The number of aromatic nitrogens is 1. The molecule has 5 nitrogen and oxygen atoms in total. The number of anilines is 1. The van der Waals surface area contributed by atoms with Crippen LogP contribution in [0.3, 0.4) is 0 Å². The van der Waals surface area contributed by atoms with Gasteiger partial charge < -0.3 is 4.74 Å². The number of carbonyl (C=O) groups excluding carboxylic acids is 1. The van der Waals surface area contributed by atoms with Gasteiger partial charge in [-0.05, 0) is 42.5 Å². The number of halogens is 2. The number of hydrogen-bond donors (Lipinski definition) is 0. The number of morpholine rings is 1. The van der Waals surface area contributed by atoms with E-state index < -0.39 is 0 Å². The summed E-state index contributed by atoms with van der Waals surface area (Å²) in [5, 5.41) is 1.24. The standard InChI is InChI=1S/C20H19ClFN3O2S/c21-15-3-6-17-18(13-15)28-20(23-17)25(8-7-24-9-11-27-12-10-24)19(26)14-1-4-16(22)5-2-14/h1-6,13H,7-12H2. The first-order valence-corrected chi connectivity index (χ1v) is 10.2. The van der Waals surface area contributed by atoms with Crippen molar-refractivity contribution in [1.29, 1.82) is 0 Å². The molecule has 1 aliphatic heterocycles. The van der Waals surface area contributed by atoms with Gasteiger partial charge in [-0.1, -0.05) is 22.9 Å². The van der Waals surface area contributed by atoms with Crippen molar-refractivity contribution >= 4 is 44.2 Å². The molecule has 8 heteroatoms. The molecule has 0 spiro atoms. The summed E-state index contributed by atoms with van der Waals surface area (Å²) < 4.78 is 19.6. The lowest BCUT2D eigenvalue weighted by Crippen LogP contribution is -2.43. The molecule has 0 radical (unpaired) electrons. The number of ether oxygens (including phenoxy) is 1. The van der Waals surface area contributed by atoms with Crippen LogP contribution < -0.4 is 4.90 Å². The maximum atomic E-state index is 13.3. The third kappa shape index (κ3) is 4.33. The zero-order valence-corrected chi connectivity index (χ0v) is 16.7. The van der Waals surface area contributed by atoms with Crippen LogP contribution in [0.2, 0.25) is 5.02 Å². The van der Waals surface area contributed by atoms with E-state index in [0.717, 1.165) is 23.3 Å². The third-order valence-corrected chi connectivity index (χ3v) is 5.93. The van der Waals surface area contributed by atoms with E-state index in [0.29, 0.717) is 42.0 Å². The predicted molar refractivity (Wildman–Crippen MR) is 110 cm³/mol. The molecule has 4 rings (SSSR count). The van der Waals surface area contributed by atoms with Gasteiger partial charge in [-0.15, -0.1) is 0 Å². The molecule has 1 amide bonds. The van der Waals surface area contributed by atoms with Crippen LogP contribution in [0.4, 0.5) is 9.52 Å². The van der Waals surface area contributed by atoms with E-state index >= 15 is 0 Å². The Morgan fingerprint density at radius 3 is 2.71 bits per heavy atom. The molecule has 0 aliphatic carbocycles. The van der Waals surface area contributed by atoms with Crippen LogP contribution in [-0.2, 0) is 4.74 Å². The number of thiazole rings is 1. The van der Waals surface area contributed by atoms with Crippen LogP contribution in [0.5, 0.6) is 0 Å². The van der Waals surface area contributed by atoms with Gasteiger partial charge in [0.15, 0.2) is 5.13 Å². The quantitative estimate of drug-likeness (QED) is 0.625. The Labute approximate surface area is 171 Å². The van der Waals surface area contributed by atoms with Crippen LogP contribution in [-0.4, -0.2) is 55.2 Å². The molecule has 28 heavy (non-hydrogen) atoms. The molecule has 1 fully saturated rings. The average molecular weight is 420 g/mol. The summed E-state index contributed by atoms with van der Waals surface area (Å²) in [6.07, 6.45) is 0. The first-order valence-electron chi connectivity index (χ1n) is 9.04. The van der Waals surface area contributed by atoms with Crippen molar-refractivity contribution < 1.29 is 13.9 Å². The van der Waals surface area contributed by atoms with Crippen LogP contribution in [0, 0.1) is 5.82 Å². The summed E-state index contributed by atoms with van der Waals surface area (Å²) >= 11 is 7.51. The molecular formula is C20H19ClFN3O2S. The molecule has 2 heterocycles. The van der Waals surface area contributed by atoms with E-state index in [1.165, 1.54) is 35.6 Å². The molecule has 0 N–H and O–H groups in total. The van der Waals surface area contributed by atoms with Crippen molar-refractivity contribution in [3.05, 3.63) is 58.9 Å². The summed E-state index contributed by atoms with van der Waals surface area (Å²) in [5.74, 6) is -0.565. The number of benzene rings is 2. The van der Waals surface area contributed by atoms with E-state index in [4.69, 9.17) is 16.3 Å². The minimum Gasteiger partial charge on any atom is -0.379 e. The third-order valence-electron chi connectivity index (χ3n) is 4.65. The van der Waals surface area contributed by atoms with Crippen molar-refractivity contribution in [3.8, 4) is 0 Å². The smallest absolute Gasteiger partial charge is 0.260 e. The summed E-state index contributed by atoms with van der Waals surface area (Å²) in [6.45, 7) is 4.29. The Morgan fingerprint density at radius 1 is 1.21 bits per heavy atom. The SMILES string of the molecule is O=C(c1ccc(F)cc1)N(CCN1CCOCC1)c1nc2ccc(Cl)cc2s1. The molecule has 146 valence electrons. The molecule has 0 bridgehead atoms. The highest BCUT2D eigenvalue weighted by atomic mass is 35.5. The van der Waals surface area contributed by atoms with E-state index in [1.54, 1.807) is 11.0 Å². The Morgan fingerprint density at radius 2 is 1.96 bits per heavy atom. The highest BCUT2D eigenvalue weighted by Gasteiger charge is 2.23. The van der Waals surface area contributed by atoms with E-state index in [9.17, 15) is 9.18 Å². The minimum atomic E-state index is -0.369. The molecule has 2 aromatic carbocycles. The fourth-order valence-corrected chi connectivity index (χ4v) is 4.37. The summed E-state index contributed by atoms with van der Waals surface area (Å²) in [6, 6.07) is 11.1. The average Bonchev–Trinajstić information content (AvgIpc) is 3.12. The fourth-order valence-electron chi connectivity index (χ4n) is 3.10. The maximum Gasteiger partial charge on any atom is 0.260 e. The summed E-state index contributed by atoms with van der Waals surface area (Å²) in [7, 11) is 0. The van der Waals surface area contributed by atoms with E-state index in [2.05, 4.69) is 9.88 Å². The molecule has 0 atom stereocenters. The molecule has 0 unspecified atom stereocenters. The Kier molecular flexibility index (Phi) is 5.87. The minimum absolute atomic E-state index is 0.196. The summed E-state index contributed by atoms with van der Waals surface area (Å²) in [5.41, 5.74) is 1.23. The molecular weight excluding hydrogens is 401 g/mol. The monoisotopic (exact) mass is 419 g/mol. The van der Waals surface area contributed by atoms with E-state index in [1.807, 2.05) is 12.1 Å². The fraction of sp³-hybridized carbons (Fsp3) is 0.300. The van der Waals surface area contributed by atoms with Gasteiger partial charge in [0.2, 0.25) is 0 Å². The van der Waals surface area contributed by atoms with Gasteiger partial charge in [-0.2, -0.15) is 0 Å². The van der Waals surface area contributed by atoms with Gasteiger partial charge >= 0.3 is 0 Å². The lowest BCUT2D eigenvalue weighted by atomic mass is 10.2. The zero-order chi connectivity index (χ0) is 19.5. The van der Waals surface area contributed by atoms with Crippen molar-refractivity contribution in [1.82, 2.24) is 9.88 Å². The number of rotatable bonds is 5. The highest BCUT2D eigenvalue weighted by molar-refractivity contribution is 7.22. The van der Waals surface area contributed by atoms with E-state index in [-0.39, 0.29) is 11.7 Å². The zero-order valence-electron chi connectivity index (χ0n) is 15.1. The Bertz CT molecular complexity index is 973. The second-order valence-electron chi connectivity index (χ2n) is 6.53. The highest BCUT2D eigenvalue weighted by Crippen LogP contribution is 2.31. The molecule has 1 aliphatic rings. The van der Waals surface area contributed by atoms with Gasteiger partial charge in [-0.25, -0.2) is 9.37 Å². The topological polar surface area (TPSA) is 45.7 Å². The first kappa shape index (κ1) is 19.3. The van der Waals surface area contributed by atoms with Gasteiger partial charge in [0.1, 0.15) is 5.82 Å². The van der Waals surface area contributed by atoms with Crippen LogP contribution in [0.1, 0.15) is 10.4 Å². The predicted octanol–water partition coefficient (Wildman–Crippen LogP) is 4.07. The van der Waals surface area contributed by atoms with Crippen molar-refractivity contribution in [3.63, 3.8) is 0 Å². The van der Waals surface area contributed by atoms with Gasteiger partial charge in [0.05, 0.1) is 23.4 Å². The van der Waals surface area contributed by atoms with Gasteiger partial charge in [0.25, 0.3) is 5.91 Å². The summed E-state index contributed by atoms with van der Waals surface area (Å²) in [4.78, 5) is 21.7. The van der Waals surface area contributed by atoms with Crippen LogP contribution in [0.15, 0.2) is 42.5 Å². The van der Waals surface area contributed by atoms with Crippen molar-refractivity contribution in [2.45, 2.75) is 0 Å². The number of amides is 1. The lowest BCUT2D eigenvalue weighted by molar-refractivity contribution is 0.0391. The molecule has 1 saturated heterocycles. The van der Waals surface area contributed by atoms with Crippen molar-refractivity contribution in [2.75, 3.05) is 44.3 Å².